The molecule has 0 bridgehead atoms. The van der Waals surface area contributed by atoms with Crippen molar-refractivity contribution in [3.63, 3.8) is 0 Å². The lowest BCUT2D eigenvalue weighted by Crippen LogP contribution is -2.47. The summed E-state index contributed by atoms with van der Waals surface area (Å²) < 4.78 is 13.9. The fraction of sp³-hybridized carbons (Fsp3) is 0.375. The minimum absolute atomic E-state index is 0.165. The highest BCUT2D eigenvalue weighted by Crippen LogP contribution is 2.21. The van der Waals surface area contributed by atoms with Crippen molar-refractivity contribution < 1.29 is 4.39 Å². The van der Waals surface area contributed by atoms with Gasteiger partial charge in [-0.05, 0) is 18.2 Å². The zero-order valence-electron chi connectivity index (χ0n) is 12.9. The van der Waals surface area contributed by atoms with Crippen LogP contribution in [0, 0.1) is 5.82 Å². The van der Waals surface area contributed by atoms with E-state index in [1.54, 1.807) is 12.3 Å². The van der Waals surface area contributed by atoms with Crippen molar-refractivity contribution in [2.24, 2.45) is 0 Å². The van der Waals surface area contributed by atoms with Crippen LogP contribution in [0.25, 0.3) is 0 Å². The summed E-state index contributed by atoms with van der Waals surface area (Å²) in [6, 6.07) is 8.81. The van der Waals surface area contributed by atoms with Crippen LogP contribution in [0.3, 0.4) is 0 Å². The number of anilines is 3. The van der Waals surface area contributed by atoms with E-state index in [1.807, 2.05) is 37.2 Å². The van der Waals surface area contributed by atoms with E-state index < -0.39 is 0 Å². The highest BCUT2D eigenvalue weighted by atomic mass is 19.1. The third-order valence-corrected chi connectivity index (χ3v) is 3.84. The predicted octanol–water partition coefficient (Wildman–Crippen LogP) is 2.01. The number of halogens is 1. The standard InChI is InChI=1S/C16H20FN5/c1-20(2)15-7-8-18-16(19-15)22-11-9-21(10-12-22)14-6-4-3-5-13(14)17/h3-8H,9-12H2,1-2H3. The molecule has 1 fully saturated rings. The summed E-state index contributed by atoms with van der Waals surface area (Å²) in [5, 5.41) is 0. The highest BCUT2D eigenvalue weighted by molar-refractivity contribution is 5.50. The lowest BCUT2D eigenvalue weighted by atomic mass is 10.2. The largest absolute Gasteiger partial charge is 0.366 e. The fourth-order valence-electron chi connectivity index (χ4n) is 2.60. The van der Waals surface area contributed by atoms with E-state index in [0.717, 1.165) is 37.9 Å². The van der Waals surface area contributed by atoms with Gasteiger partial charge in [-0.3, -0.25) is 0 Å². The van der Waals surface area contributed by atoms with Crippen LogP contribution in [0.5, 0.6) is 0 Å². The van der Waals surface area contributed by atoms with Crippen molar-refractivity contribution in [2.75, 3.05) is 55.0 Å². The summed E-state index contributed by atoms with van der Waals surface area (Å²) in [6.07, 6.45) is 1.78. The van der Waals surface area contributed by atoms with Crippen molar-refractivity contribution in [1.29, 1.82) is 0 Å². The first-order chi connectivity index (χ1) is 10.6. The third kappa shape index (κ3) is 2.95. The van der Waals surface area contributed by atoms with Crippen LogP contribution >= 0.6 is 0 Å². The van der Waals surface area contributed by atoms with Gasteiger partial charge in [-0.2, -0.15) is 4.98 Å². The van der Waals surface area contributed by atoms with E-state index in [4.69, 9.17) is 0 Å². The molecule has 1 saturated heterocycles. The van der Waals surface area contributed by atoms with Gasteiger partial charge in [0.15, 0.2) is 0 Å². The number of aromatic nitrogens is 2. The first-order valence-electron chi connectivity index (χ1n) is 7.40. The summed E-state index contributed by atoms with van der Waals surface area (Å²) in [5.74, 6) is 1.46. The molecule has 0 amide bonds. The molecular weight excluding hydrogens is 281 g/mol. The molecule has 2 aromatic rings. The lowest BCUT2D eigenvalue weighted by Gasteiger charge is -2.36. The molecule has 6 heteroatoms. The summed E-state index contributed by atoms with van der Waals surface area (Å²) >= 11 is 0. The van der Waals surface area contributed by atoms with Gasteiger partial charge in [0.25, 0.3) is 0 Å². The summed E-state index contributed by atoms with van der Waals surface area (Å²) in [7, 11) is 3.92. The van der Waals surface area contributed by atoms with Gasteiger partial charge in [0.1, 0.15) is 11.6 Å². The monoisotopic (exact) mass is 301 g/mol. The summed E-state index contributed by atoms with van der Waals surface area (Å²) in [4.78, 5) is 15.1. The molecule has 0 saturated carbocycles. The molecule has 2 heterocycles. The normalized spacial score (nSPS) is 15.0. The topological polar surface area (TPSA) is 35.5 Å². The van der Waals surface area contributed by atoms with Gasteiger partial charge in [-0.25, -0.2) is 9.37 Å². The second kappa shape index (κ2) is 6.17. The van der Waals surface area contributed by atoms with Crippen LogP contribution in [-0.4, -0.2) is 50.2 Å². The fourth-order valence-corrected chi connectivity index (χ4v) is 2.60. The molecule has 22 heavy (non-hydrogen) atoms. The molecule has 5 nitrogen and oxygen atoms in total. The molecule has 0 atom stereocenters. The Balaban J connectivity index is 1.69. The number of hydrogen-bond donors (Lipinski definition) is 0. The lowest BCUT2D eigenvalue weighted by molar-refractivity contribution is 0.594. The van der Waals surface area contributed by atoms with E-state index in [9.17, 15) is 4.39 Å². The average Bonchev–Trinajstić information content (AvgIpc) is 2.56. The Hall–Kier alpha value is -2.37. The molecule has 0 aliphatic carbocycles. The van der Waals surface area contributed by atoms with Gasteiger partial charge in [0, 0.05) is 46.5 Å². The number of benzene rings is 1. The van der Waals surface area contributed by atoms with Crippen molar-refractivity contribution in [3.8, 4) is 0 Å². The molecular formula is C16H20FN5. The smallest absolute Gasteiger partial charge is 0.227 e. The SMILES string of the molecule is CN(C)c1ccnc(N2CCN(c3ccccc3F)CC2)n1. The molecule has 1 aromatic carbocycles. The Morgan fingerprint density at radius 1 is 1.00 bits per heavy atom. The molecule has 0 N–H and O–H groups in total. The minimum Gasteiger partial charge on any atom is -0.366 e. The van der Waals surface area contributed by atoms with E-state index in [0.29, 0.717) is 5.69 Å². The maximum Gasteiger partial charge on any atom is 0.227 e. The molecule has 0 unspecified atom stereocenters. The number of rotatable bonds is 3. The Morgan fingerprint density at radius 2 is 1.68 bits per heavy atom. The van der Waals surface area contributed by atoms with Gasteiger partial charge in [-0.15, -0.1) is 0 Å². The molecule has 1 aliphatic heterocycles. The molecule has 1 aromatic heterocycles. The molecule has 3 rings (SSSR count). The van der Waals surface area contributed by atoms with Crippen LogP contribution in [-0.2, 0) is 0 Å². The summed E-state index contributed by atoms with van der Waals surface area (Å²) in [6.45, 7) is 3.09. The van der Waals surface area contributed by atoms with Crippen molar-refractivity contribution in [3.05, 3.63) is 42.3 Å². The van der Waals surface area contributed by atoms with Gasteiger partial charge < -0.3 is 14.7 Å². The first-order valence-corrected chi connectivity index (χ1v) is 7.40. The highest BCUT2D eigenvalue weighted by Gasteiger charge is 2.21. The van der Waals surface area contributed by atoms with Crippen LogP contribution < -0.4 is 14.7 Å². The minimum atomic E-state index is -0.165. The number of para-hydroxylation sites is 1. The Labute approximate surface area is 130 Å². The Morgan fingerprint density at radius 3 is 2.36 bits per heavy atom. The zero-order chi connectivity index (χ0) is 15.5. The first kappa shape index (κ1) is 14.6. The quantitative estimate of drug-likeness (QED) is 0.866. The molecule has 0 radical (unpaired) electrons. The van der Waals surface area contributed by atoms with Gasteiger partial charge in [-0.1, -0.05) is 12.1 Å². The zero-order valence-corrected chi connectivity index (χ0v) is 12.9. The maximum atomic E-state index is 13.9. The number of piperazine rings is 1. The Kier molecular flexibility index (Phi) is 4.09. The van der Waals surface area contributed by atoms with Gasteiger partial charge >= 0.3 is 0 Å². The van der Waals surface area contributed by atoms with Gasteiger partial charge in [0.05, 0.1) is 5.69 Å². The average molecular weight is 301 g/mol. The third-order valence-electron chi connectivity index (χ3n) is 3.84. The summed E-state index contributed by atoms with van der Waals surface area (Å²) in [5.41, 5.74) is 0.671. The van der Waals surface area contributed by atoms with E-state index in [-0.39, 0.29) is 5.82 Å². The van der Waals surface area contributed by atoms with Crippen molar-refractivity contribution >= 4 is 17.5 Å². The van der Waals surface area contributed by atoms with Crippen LogP contribution in [0.4, 0.5) is 21.8 Å². The molecule has 116 valence electrons. The van der Waals surface area contributed by atoms with Crippen LogP contribution in [0.15, 0.2) is 36.5 Å². The number of hydrogen-bond acceptors (Lipinski definition) is 5. The maximum absolute atomic E-state index is 13.9. The molecule has 0 spiro atoms. The van der Waals surface area contributed by atoms with E-state index in [2.05, 4.69) is 19.8 Å². The Bertz CT molecular complexity index is 638. The predicted molar refractivity (Wildman–Crippen MR) is 87.2 cm³/mol. The van der Waals surface area contributed by atoms with E-state index in [1.165, 1.54) is 6.07 Å². The van der Waals surface area contributed by atoms with Gasteiger partial charge in [0.2, 0.25) is 5.95 Å². The van der Waals surface area contributed by atoms with E-state index >= 15 is 0 Å². The van der Waals surface area contributed by atoms with Crippen LogP contribution in [0.1, 0.15) is 0 Å². The van der Waals surface area contributed by atoms with Crippen LogP contribution in [0.2, 0.25) is 0 Å². The number of nitrogens with zero attached hydrogens (tertiary/aromatic N) is 5. The second-order valence-corrected chi connectivity index (χ2v) is 5.53. The second-order valence-electron chi connectivity index (χ2n) is 5.53. The van der Waals surface area contributed by atoms with Crippen molar-refractivity contribution in [1.82, 2.24) is 9.97 Å². The van der Waals surface area contributed by atoms with Crippen molar-refractivity contribution in [2.45, 2.75) is 0 Å². The molecule has 1 aliphatic rings.